The Kier molecular flexibility index (Phi) is 14.3. The van der Waals surface area contributed by atoms with Gasteiger partial charge in [0.25, 0.3) is 5.97 Å². The fraction of sp³-hybridized carbons (Fsp3) is 0.842. The van der Waals surface area contributed by atoms with Crippen LogP contribution in [-0.4, -0.2) is 29.1 Å². The molecule has 0 aromatic rings. The van der Waals surface area contributed by atoms with E-state index < -0.39 is 5.97 Å². The second-order valence-corrected chi connectivity index (χ2v) is 6.32. The molecule has 130 valence electrons. The average molecular weight is 312 g/mol. The number of allylic oxidation sites excluding steroid dienone is 1. The van der Waals surface area contributed by atoms with E-state index in [1.165, 1.54) is 89.4 Å². The van der Waals surface area contributed by atoms with E-state index in [0.29, 0.717) is 0 Å². The highest BCUT2D eigenvalue weighted by Gasteiger charge is 2.09. The Balaban J connectivity index is 0.000000980. The number of hydrogen-bond acceptors (Lipinski definition) is 2. The van der Waals surface area contributed by atoms with Gasteiger partial charge in [-0.3, -0.25) is 4.79 Å². The molecule has 22 heavy (non-hydrogen) atoms. The van der Waals surface area contributed by atoms with Crippen molar-refractivity contribution in [3.05, 3.63) is 11.8 Å². The molecule has 0 aromatic carbocycles. The van der Waals surface area contributed by atoms with Crippen LogP contribution in [0.5, 0.6) is 0 Å². The van der Waals surface area contributed by atoms with E-state index in [-0.39, 0.29) is 0 Å². The lowest BCUT2D eigenvalue weighted by Gasteiger charge is -2.19. The summed E-state index contributed by atoms with van der Waals surface area (Å²) in [4.78, 5) is 11.5. The molecule has 0 fully saturated rings. The molecule has 0 atom stereocenters. The molecule has 3 heteroatoms. The first-order valence-corrected chi connectivity index (χ1v) is 9.19. The molecule has 1 rings (SSSR count). The maximum atomic E-state index is 9.00. The molecular weight excluding hydrogens is 274 g/mol. The molecule has 0 aromatic heterocycles. The summed E-state index contributed by atoms with van der Waals surface area (Å²) in [6, 6.07) is 0. The quantitative estimate of drug-likeness (QED) is 0.504. The number of unbranched alkanes of at least 4 members (excludes halogenated alkanes) is 9. The van der Waals surface area contributed by atoms with Gasteiger partial charge in [0.1, 0.15) is 0 Å². The van der Waals surface area contributed by atoms with E-state index in [0.717, 1.165) is 6.92 Å². The Labute approximate surface area is 137 Å². The third kappa shape index (κ3) is 14.0. The van der Waals surface area contributed by atoms with E-state index in [2.05, 4.69) is 24.8 Å². The number of carbonyl (C=O) groups is 1. The van der Waals surface area contributed by atoms with Crippen LogP contribution in [0.3, 0.4) is 0 Å². The van der Waals surface area contributed by atoms with E-state index >= 15 is 0 Å². The number of aliphatic carboxylic acids is 1. The number of carboxylic acids is 1. The number of hydrogen-bond donors (Lipinski definition) is 1. The molecule has 0 spiro atoms. The summed E-state index contributed by atoms with van der Waals surface area (Å²) in [6.45, 7) is 8.18. The second-order valence-electron chi connectivity index (χ2n) is 6.32. The lowest BCUT2D eigenvalue weighted by molar-refractivity contribution is -0.134. The van der Waals surface area contributed by atoms with E-state index in [1.54, 1.807) is 0 Å². The highest BCUT2D eigenvalue weighted by Crippen LogP contribution is 2.15. The summed E-state index contributed by atoms with van der Waals surface area (Å²) in [5, 5.41) is 7.42. The Morgan fingerprint density at radius 1 is 1.05 bits per heavy atom. The fourth-order valence-electron chi connectivity index (χ4n) is 2.81. The van der Waals surface area contributed by atoms with Crippen molar-refractivity contribution in [2.45, 2.75) is 91.4 Å². The van der Waals surface area contributed by atoms with Crippen LogP contribution >= 0.6 is 0 Å². The summed E-state index contributed by atoms with van der Waals surface area (Å²) >= 11 is 0. The van der Waals surface area contributed by atoms with Gasteiger partial charge in [0.2, 0.25) is 0 Å². The van der Waals surface area contributed by atoms with Gasteiger partial charge in [0.05, 0.1) is 0 Å². The molecule has 1 heterocycles. The Hall–Kier alpha value is -0.990. The van der Waals surface area contributed by atoms with Gasteiger partial charge in [-0.15, -0.1) is 0 Å². The molecule has 1 aliphatic rings. The zero-order valence-electron chi connectivity index (χ0n) is 15.1. The Morgan fingerprint density at radius 3 is 1.91 bits per heavy atom. The first kappa shape index (κ1) is 21.0. The van der Waals surface area contributed by atoms with Crippen molar-refractivity contribution in [2.24, 2.45) is 0 Å². The molecular formula is C19H37NO2. The van der Waals surface area contributed by atoms with Crippen LogP contribution in [0.4, 0.5) is 0 Å². The molecule has 0 aliphatic carbocycles. The van der Waals surface area contributed by atoms with Crippen molar-refractivity contribution in [1.29, 1.82) is 0 Å². The lowest BCUT2D eigenvalue weighted by atomic mass is 10.1. The topological polar surface area (TPSA) is 40.5 Å². The van der Waals surface area contributed by atoms with Crippen LogP contribution in [0.1, 0.15) is 91.4 Å². The SMILES string of the molecule is CC(=O)O.CCCCCCCCCCCCN1CCC=C1C. The number of nitrogens with zero attached hydrogens (tertiary/aromatic N) is 1. The number of rotatable bonds is 11. The minimum Gasteiger partial charge on any atom is -0.481 e. The van der Waals surface area contributed by atoms with Crippen molar-refractivity contribution in [3.63, 3.8) is 0 Å². The molecule has 3 nitrogen and oxygen atoms in total. The van der Waals surface area contributed by atoms with Gasteiger partial charge in [-0.1, -0.05) is 70.8 Å². The van der Waals surface area contributed by atoms with Gasteiger partial charge in [-0.2, -0.15) is 0 Å². The number of carboxylic acid groups (broad SMARTS) is 1. The molecule has 1 aliphatic heterocycles. The van der Waals surface area contributed by atoms with Crippen LogP contribution in [0.25, 0.3) is 0 Å². The molecule has 0 amide bonds. The first-order valence-electron chi connectivity index (χ1n) is 9.19. The molecule has 1 N–H and O–H groups in total. The van der Waals surface area contributed by atoms with Crippen molar-refractivity contribution in [2.75, 3.05) is 13.1 Å². The van der Waals surface area contributed by atoms with Crippen molar-refractivity contribution in [3.8, 4) is 0 Å². The maximum Gasteiger partial charge on any atom is 0.300 e. The molecule has 0 unspecified atom stereocenters. The van der Waals surface area contributed by atoms with Crippen molar-refractivity contribution >= 4 is 5.97 Å². The highest BCUT2D eigenvalue weighted by atomic mass is 16.4. The van der Waals surface area contributed by atoms with Gasteiger partial charge in [0, 0.05) is 25.7 Å². The van der Waals surface area contributed by atoms with Crippen LogP contribution in [0.2, 0.25) is 0 Å². The van der Waals surface area contributed by atoms with Crippen LogP contribution in [0, 0.1) is 0 Å². The fourth-order valence-corrected chi connectivity index (χ4v) is 2.81. The Morgan fingerprint density at radius 2 is 1.50 bits per heavy atom. The predicted molar refractivity (Wildman–Crippen MR) is 95.1 cm³/mol. The standard InChI is InChI=1S/C17H33N.C2H4O2/c1-3-4-5-6-7-8-9-10-11-12-15-18-16-13-14-17(18)2;1-2(3)4/h14H,3-13,15-16H2,1-2H3;1H3,(H,3,4). The van der Waals surface area contributed by atoms with Gasteiger partial charge in [0.15, 0.2) is 0 Å². The summed E-state index contributed by atoms with van der Waals surface area (Å²) in [6.07, 6.45) is 18.0. The molecule has 0 saturated carbocycles. The average Bonchev–Trinajstić information content (AvgIpc) is 2.86. The smallest absolute Gasteiger partial charge is 0.300 e. The maximum absolute atomic E-state index is 9.00. The normalized spacial score (nSPS) is 13.6. The third-order valence-corrected chi connectivity index (χ3v) is 4.12. The van der Waals surface area contributed by atoms with E-state index in [1.807, 2.05) is 0 Å². The summed E-state index contributed by atoms with van der Waals surface area (Å²) < 4.78 is 0. The zero-order valence-corrected chi connectivity index (χ0v) is 15.1. The van der Waals surface area contributed by atoms with E-state index in [4.69, 9.17) is 9.90 Å². The largest absolute Gasteiger partial charge is 0.481 e. The second kappa shape index (κ2) is 14.9. The monoisotopic (exact) mass is 311 g/mol. The van der Waals surface area contributed by atoms with E-state index in [9.17, 15) is 0 Å². The molecule has 0 bridgehead atoms. The minimum absolute atomic E-state index is 0.833. The van der Waals surface area contributed by atoms with Gasteiger partial charge in [-0.25, -0.2) is 0 Å². The third-order valence-electron chi connectivity index (χ3n) is 4.12. The van der Waals surface area contributed by atoms with Gasteiger partial charge < -0.3 is 10.0 Å². The zero-order chi connectivity index (χ0) is 16.6. The lowest BCUT2D eigenvalue weighted by Crippen LogP contribution is -2.19. The van der Waals surface area contributed by atoms with Crippen molar-refractivity contribution in [1.82, 2.24) is 4.90 Å². The van der Waals surface area contributed by atoms with Crippen LogP contribution < -0.4 is 0 Å². The summed E-state index contributed by atoms with van der Waals surface area (Å²) in [5.41, 5.74) is 1.51. The Bertz CT molecular complexity index is 296. The minimum atomic E-state index is -0.833. The molecule has 0 radical (unpaired) electrons. The predicted octanol–water partition coefficient (Wildman–Crippen LogP) is 5.61. The summed E-state index contributed by atoms with van der Waals surface area (Å²) in [5.74, 6) is -0.833. The first-order chi connectivity index (χ1) is 10.6. The van der Waals surface area contributed by atoms with Gasteiger partial charge in [-0.05, 0) is 19.8 Å². The summed E-state index contributed by atoms with van der Waals surface area (Å²) in [7, 11) is 0. The van der Waals surface area contributed by atoms with Crippen LogP contribution in [0.15, 0.2) is 11.8 Å². The van der Waals surface area contributed by atoms with Crippen molar-refractivity contribution < 1.29 is 9.90 Å². The highest BCUT2D eigenvalue weighted by molar-refractivity contribution is 5.62. The van der Waals surface area contributed by atoms with Crippen LogP contribution in [-0.2, 0) is 4.79 Å². The molecule has 0 saturated heterocycles. The van der Waals surface area contributed by atoms with Gasteiger partial charge >= 0.3 is 0 Å².